The summed E-state index contributed by atoms with van der Waals surface area (Å²) in [4.78, 5) is 24.2. The van der Waals surface area contributed by atoms with Crippen LogP contribution in [0.5, 0.6) is 0 Å². The molecule has 2 heterocycles. The van der Waals surface area contributed by atoms with Crippen LogP contribution in [0.3, 0.4) is 0 Å². The van der Waals surface area contributed by atoms with E-state index in [2.05, 4.69) is 10.6 Å². The highest BCUT2D eigenvalue weighted by molar-refractivity contribution is 5.89. The van der Waals surface area contributed by atoms with Gasteiger partial charge in [-0.2, -0.15) is 0 Å². The van der Waals surface area contributed by atoms with E-state index >= 15 is 0 Å². The highest BCUT2D eigenvalue weighted by atomic mass is 19.1. The molecule has 7 heteroatoms. The van der Waals surface area contributed by atoms with Crippen LogP contribution in [0.4, 0.5) is 10.1 Å². The van der Waals surface area contributed by atoms with Gasteiger partial charge in [0.05, 0.1) is 0 Å². The molecule has 3 aromatic rings. The van der Waals surface area contributed by atoms with E-state index in [4.69, 9.17) is 0 Å². The Morgan fingerprint density at radius 2 is 2.03 bits per heavy atom. The van der Waals surface area contributed by atoms with Crippen LogP contribution >= 0.6 is 0 Å². The van der Waals surface area contributed by atoms with Gasteiger partial charge >= 0.3 is 5.97 Å². The number of fused-ring (bicyclic) bond motifs is 4. The number of benzene rings is 2. The third kappa shape index (κ3) is 3.20. The molecular formula is C23H22FN3O3. The van der Waals surface area contributed by atoms with E-state index < -0.39 is 5.97 Å². The Labute approximate surface area is 172 Å². The molecule has 1 amide bonds. The van der Waals surface area contributed by atoms with Crippen LogP contribution in [-0.2, 0) is 35.4 Å². The number of anilines is 1. The van der Waals surface area contributed by atoms with E-state index in [-0.39, 0.29) is 30.4 Å². The average molecular weight is 407 g/mol. The second-order valence-corrected chi connectivity index (χ2v) is 8.07. The minimum absolute atomic E-state index is 0.0416. The maximum Gasteiger partial charge on any atom is 0.323 e. The van der Waals surface area contributed by atoms with Crippen LogP contribution < -0.4 is 10.6 Å². The first-order valence-electron chi connectivity index (χ1n) is 10.2. The van der Waals surface area contributed by atoms with Crippen molar-refractivity contribution in [1.82, 2.24) is 9.88 Å². The van der Waals surface area contributed by atoms with Crippen LogP contribution in [0, 0.1) is 5.82 Å². The molecule has 1 aliphatic heterocycles. The number of carboxylic acid groups (broad SMARTS) is 1. The Balaban J connectivity index is 1.37. The number of rotatable bonds is 4. The van der Waals surface area contributed by atoms with Crippen LogP contribution in [-0.4, -0.2) is 33.6 Å². The fraction of sp³-hybridized carbons (Fsp3) is 0.304. The summed E-state index contributed by atoms with van der Waals surface area (Å²) in [6.07, 6.45) is 2.58. The molecule has 0 saturated carbocycles. The highest BCUT2D eigenvalue weighted by Gasteiger charge is 2.31. The fourth-order valence-electron chi connectivity index (χ4n) is 4.82. The molecule has 1 aromatic heterocycles. The summed E-state index contributed by atoms with van der Waals surface area (Å²) in [7, 11) is 0. The Morgan fingerprint density at radius 1 is 1.20 bits per heavy atom. The molecule has 30 heavy (non-hydrogen) atoms. The normalized spacial score (nSPS) is 19.8. The van der Waals surface area contributed by atoms with E-state index in [1.165, 1.54) is 12.1 Å². The molecule has 0 saturated heterocycles. The largest absolute Gasteiger partial charge is 0.480 e. The highest BCUT2D eigenvalue weighted by Crippen LogP contribution is 2.33. The van der Waals surface area contributed by atoms with Crippen molar-refractivity contribution in [3.63, 3.8) is 0 Å². The number of para-hydroxylation sites is 1. The van der Waals surface area contributed by atoms with E-state index in [1.807, 2.05) is 24.3 Å². The Hall–Kier alpha value is -3.35. The molecule has 6 nitrogen and oxygen atoms in total. The van der Waals surface area contributed by atoms with Gasteiger partial charge in [-0.15, -0.1) is 0 Å². The summed E-state index contributed by atoms with van der Waals surface area (Å²) in [5.41, 5.74) is 4.72. The lowest BCUT2D eigenvalue weighted by Gasteiger charge is -2.26. The quantitative estimate of drug-likeness (QED) is 0.621. The zero-order chi connectivity index (χ0) is 20.8. The molecule has 2 aromatic carbocycles. The lowest BCUT2D eigenvalue weighted by Crippen LogP contribution is -2.46. The minimum atomic E-state index is -0.929. The van der Waals surface area contributed by atoms with Crippen LogP contribution in [0.25, 0.3) is 10.9 Å². The smallest absolute Gasteiger partial charge is 0.323 e. The maximum atomic E-state index is 13.9. The van der Waals surface area contributed by atoms with Crippen molar-refractivity contribution in [2.24, 2.45) is 0 Å². The van der Waals surface area contributed by atoms with Crippen LogP contribution in [0.2, 0.25) is 0 Å². The molecule has 0 fully saturated rings. The molecule has 2 atom stereocenters. The Morgan fingerprint density at radius 3 is 2.83 bits per heavy atom. The zero-order valence-electron chi connectivity index (χ0n) is 16.3. The summed E-state index contributed by atoms with van der Waals surface area (Å²) >= 11 is 0. The summed E-state index contributed by atoms with van der Waals surface area (Å²) < 4.78 is 15.7. The first-order chi connectivity index (χ1) is 14.5. The molecule has 2 unspecified atom stereocenters. The predicted molar refractivity (Wildman–Crippen MR) is 111 cm³/mol. The van der Waals surface area contributed by atoms with Gasteiger partial charge in [-0.05, 0) is 54.7 Å². The van der Waals surface area contributed by atoms with E-state index in [0.29, 0.717) is 19.3 Å². The Kier molecular flexibility index (Phi) is 4.46. The van der Waals surface area contributed by atoms with Crippen molar-refractivity contribution < 1.29 is 19.1 Å². The van der Waals surface area contributed by atoms with E-state index in [1.54, 1.807) is 10.6 Å². The molecule has 154 valence electrons. The van der Waals surface area contributed by atoms with Crippen molar-refractivity contribution >= 4 is 28.5 Å². The number of carbonyl (C=O) groups is 2. The number of aliphatic carboxylic acids is 1. The van der Waals surface area contributed by atoms with Gasteiger partial charge in [0.1, 0.15) is 18.4 Å². The summed E-state index contributed by atoms with van der Waals surface area (Å²) in [6.45, 7) is -0.154. The number of hydrogen-bond donors (Lipinski definition) is 3. The van der Waals surface area contributed by atoms with Gasteiger partial charge in [-0.3, -0.25) is 9.59 Å². The third-order valence-electron chi connectivity index (χ3n) is 6.16. The van der Waals surface area contributed by atoms with Crippen molar-refractivity contribution in [3.8, 4) is 0 Å². The van der Waals surface area contributed by atoms with Gasteiger partial charge < -0.3 is 20.3 Å². The minimum Gasteiger partial charge on any atom is -0.480 e. The lowest BCUT2D eigenvalue weighted by atomic mass is 9.91. The van der Waals surface area contributed by atoms with Crippen LogP contribution in [0.15, 0.2) is 42.5 Å². The molecule has 0 spiro atoms. The van der Waals surface area contributed by atoms with E-state index in [9.17, 15) is 19.1 Å². The second kappa shape index (κ2) is 7.16. The molecule has 2 aliphatic rings. The number of carbonyl (C=O) groups excluding carboxylic acids is 1. The number of aromatic nitrogens is 1. The monoisotopic (exact) mass is 407 g/mol. The zero-order valence-corrected chi connectivity index (χ0v) is 16.3. The van der Waals surface area contributed by atoms with Crippen LogP contribution in [0.1, 0.15) is 23.2 Å². The average Bonchev–Trinajstić information content (AvgIpc) is 3.28. The summed E-state index contributed by atoms with van der Waals surface area (Å²) in [5, 5.41) is 16.5. The molecule has 1 aliphatic carbocycles. The Bertz CT molecular complexity index is 1140. The molecular weight excluding hydrogens is 385 g/mol. The van der Waals surface area contributed by atoms with Gasteiger partial charge in [0, 0.05) is 34.7 Å². The van der Waals surface area contributed by atoms with Gasteiger partial charge in [0.25, 0.3) is 0 Å². The second-order valence-electron chi connectivity index (χ2n) is 8.07. The number of amides is 1. The predicted octanol–water partition coefficient (Wildman–Crippen LogP) is 2.88. The first kappa shape index (κ1) is 18.7. The van der Waals surface area contributed by atoms with E-state index in [0.717, 1.165) is 39.8 Å². The number of nitrogens with one attached hydrogen (secondary N) is 2. The van der Waals surface area contributed by atoms with Crippen molar-refractivity contribution in [2.75, 3.05) is 5.32 Å². The van der Waals surface area contributed by atoms with Gasteiger partial charge in [-0.1, -0.05) is 18.2 Å². The molecule has 0 radical (unpaired) electrons. The number of halogens is 1. The molecule has 5 rings (SSSR count). The number of nitrogens with zero attached hydrogens (tertiary/aromatic N) is 1. The number of carboxylic acids is 1. The van der Waals surface area contributed by atoms with Gasteiger partial charge in [0.2, 0.25) is 5.91 Å². The summed E-state index contributed by atoms with van der Waals surface area (Å²) in [6, 6.07) is 12.0. The SMILES string of the molecule is O=C(O)Cn1c2c(c3cc(F)ccc31)CC(NC(=O)C1Cc3ccccc3N1)CC2. The third-order valence-corrected chi connectivity index (χ3v) is 6.16. The van der Waals surface area contributed by atoms with Crippen molar-refractivity contribution in [3.05, 3.63) is 65.1 Å². The van der Waals surface area contributed by atoms with Gasteiger partial charge in [0.15, 0.2) is 0 Å². The standard InChI is InChI=1S/C23H22FN3O3/c24-14-5-7-20-16(10-14)17-11-15(6-8-21(17)27(20)12-22(28)29)25-23(30)19-9-13-3-1-2-4-18(13)26-19/h1-5,7,10,15,19,26H,6,8-9,11-12H2,(H,25,30)(H,28,29). The lowest BCUT2D eigenvalue weighted by molar-refractivity contribution is -0.137. The molecule has 0 bridgehead atoms. The topological polar surface area (TPSA) is 83.4 Å². The summed E-state index contributed by atoms with van der Waals surface area (Å²) in [5.74, 6) is -1.32. The molecule has 3 N–H and O–H groups in total. The van der Waals surface area contributed by atoms with Gasteiger partial charge in [-0.25, -0.2) is 4.39 Å². The first-order valence-corrected chi connectivity index (χ1v) is 10.2. The van der Waals surface area contributed by atoms with Crippen molar-refractivity contribution in [1.29, 1.82) is 0 Å². The maximum absolute atomic E-state index is 13.9. The van der Waals surface area contributed by atoms with Crippen molar-refractivity contribution in [2.45, 2.75) is 44.3 Å². The fourth-order valence-corrected chi connectivity index (χ4v) is 4.82. The number of hydrogen-bond acceptors (Lipinski definition) is 3.